The van der Waals surface area contributed by atoms with Crippen molar-refractivity contribution in [1.82, 2.24) is 5.32 Å². The molecule has 2 N–H and O–H groups in total. The van der Waals surface area contributed by atoms with E-state index in [0.717, 1.165) is 5.56 Å². The van der Waals surface area contributed by atoms with Gasteiger partial charge in [0.25, 0.3) is 0 Å². The number of nitrogens with one attached hydrogen (secondary N) is 1. The summed E-state index contributed by atoms with van der Waals surface area (Å²) < 4.78 is 0. The third-order valence-corrected chi connectivity index (χ3v) is 3.11. The van der Waals surface area contributed by atoms with Crippen LogP contribution in [-0.2, 0) is 11.3 Å². The van der Waals surface area contributed by atoms with Crippen molar-refractivity contribution in [2.45, 2.75) is 19.4 Å². The Hall–Kier alpha value is -2.13. The molecule has 0 spiro atoms. The van der Waals surface area contributed by atoms with Gasteiger partial charge in [0, 0.05) is 19.6 Å². The van der Waals surface area contributed by atoms with Crippen LogP contribution in [0.25, 0.3) is 11.1 Å². The van der Waals surface area contributed by atoms with E-state index < -0.39 is 0 Å². The largest absolute Gasteiger partial charge is 0.396 e. The average molecular weight is 269 g/mol. The maximum absolute atomic E-state index is 11.4. The Balaban J connectivity index is 1.90. The molecule has 0 saturated heterocycles. The molecule has 0 aliphatic heterocycles. The van der Waals surface area contributed by atoms with Gasteiger partial charge in [0.1, 0.15) is 0 Å². The van der Waals surface area contributed by atoms with E-state index in [1.165, 1.54) is 11.1 Å². The second-order valence-electron chi connectivity index (χ2n) is 4.67. The van der Waals surface area contributed by atoms with Crippen LogP contribution in [0.4, 0.5) is 0 Å². The van der Waals surface area contributed by atoms with Gasteiger partial charge < -0.3 is 10.4 Å². The van der Waals surface area contributed by atoms with Crippen LogP contribution < -0.4 is 5.32 Å². The second-order valence-corrected chi connectivity index (χ2v) is 4.67. The fourth-order valence-electron chi connectivity index (χ4n) is 1.97. The molecule has 0 radical (unpaired) electrons. The van der Waals surface area contributed by atoms with Gasteiger partial charge in [-0.3, -0.25) is 4.79 Å². The zero-order chi connectivity index (χ0) is 14.2. The van der Waals surface area contributed by atoms with Gasteiger partial charge in [0.05, 0.1) is 0 Å². The minimum Gasteiger partial charge on any atom is -0.396 e. The van der Waals surface area contributed by atoms with Crippen LogP contribution in [0.2, 0.25) is 0 Å². The summed E-state index contributed by atoms with van der Waals surface area (Å²) in [6, 6.07) is 18.4. The number of hydrogen-bond donors (Lipinski definition) is 2. The molecule has 0 saturated carbocycles. The molecule has 2 rings (SSSR count). The zero-order valence-electron chi connectivity index (χ0n) is 11.4. The van der Waals surface area contributed by atoms with Gasteiger partial charge in [0.15, 0.2) is 0 Å². The standard InChI is InChI=1S/C17H19NO2/c19-12-4-7-17(20)18-13-14-8-10-16(11-9-14)15-5-2-1-3-6-15/h1-3,5-6,8-11,19H,4,7,12-13H2,(H,18,20). The topological polar surface area (TPSA) is 49.3 Å². The lowest BCUT2D eigenvalue weighted by Gasteiger charge is -2.06. The normalized spacial score (nSPS) is 10.2. The molecular weight excluding hydrogens is 250 g/mol. The third-order valence-electron chi connectivity index (χ3n) is 3.11. The second kappa shape index (κ2) is 7.46. The van der Waals surface area contributed by atoms with Crippen LogP contribution in [-0.4, -0.2) is 17.6 Å². The molecule has 0 unspecified atom stereocenters. The predicted octanol–water partition coefficient (Wildman–Crippen LogP) is 2.74. The summed E-state index contributed by atoms with van der Waals surface area (Å²) in [5.41, 5.74) is 3.43. The summed E-state index contributed by atoms with van der Waals surface area (Å²) in [6.07, 6.45) is 0.886. The average Bonchev–Trinajstić information content (AvgIpc) is 2.52. The molecule has 0 aliphatic rings. The Bertz CT molecular complexity index is 535. The maximum atomic E-state index is 11.4. The van der Waals surface area contributed by atoms with Crippen molar-refractivity contribution >= 4 is 5.91 Å². The Morgan fingerprint density at radius 1 is 0.950 bits per heavy atom. The number of carbonyl (C=O) groups excluding carboxylic acids is 1. The highest BCUT2D eigenvalue weighted by atomic mass is 16.3. The first-order valence-corrected chi connectivity index (χ1v) is 6.81. The van der Waals surface area contributed by atoms with Gasteiger partial charge in [-0.05, 0) is 23.1 Å². The summed E-state index contributed by atoms with van der Waals surface area (Å²) in [4.78, 5) is 11.4. The quantitative estimate of drug-likeness (QED) is 0.847. The molecule has 104 valence electrons. The first kappa shape index (κ1) is 14.3. The summed E-state index contributed by atoms with van der Waals surface area (Å²) in [6.45, 7) is 0.582. The Morgan fingerprint density at radius 3 is 2.25 bits per heavy atom. The summed E-state index contributed by atoms with van der Waals surface area (Å²) in [7, 11) is 0. The minimum absolute atomic E-state index is 0.0221. The molecule has 1 amide bonds. The minimum atomic E-state index is -0.0221. The maximum Gasteiger partial charge on any atom is 0.220 e. The molecule has 0 aromatic heterocycles. The zero-order valence-corrected chi connectivity index (χ0v) is 11.4. The van der Waals surface area contributed by atoms with Crippen LogP contribution >= 0.6 is 0 Å². The van der Waals surface area contributed by atoms with Gasteiger partial charge in [-0.2, -0.15) is 0 Å². The fourth-order valence-corrected chi connectivity index (χ4v) is 1.97. The van der Waals surface area contributed by atoms with Crippen LogP contribution in [0.1, 0.15) is 18.4 Å². The number of hydrogen-bond acceptors (Lipinski definition) is 2. The van der Waals surface area contributed by atoms with E-state index in [1.807, 2.05) is 30.3 Å². The van der Waals surface area contributed by atoms with Crippen molar-refractivity contribution in [1.29, 1.82) is 0 Å². The molecule has 2 aromatic carbocycles. The molecular formula is C17H19NO2. The van der Waals surface area contributed by atoms with Gasteiger partial charge >= 0.3 is 0 Å². The van der Waals surface area contributed by atoms with Crippen LogP contribution in [0, 0.1) is 0 Å². The number of benzene rings is 2. The molecule has 3 heteroatoms. The highest BCUT2D eigenvalue weighted by Crippen LogP contribution is 2.19. The monoisotopic (exact) mass is 269 g/mol. The van der Waals surface area contributed by atoms with E-state index in [9.17, 15) is 4.79 Å². The predicted molar refractivity (Wildman–Crippen MR) is 80.0 cm³/mol. The number of rotatable bonds is 6. The van der Waals surface area contributed by atoms with Gasteiger partial charge in [0.2, 0.25) is 5.91 Å². The smallest absolute Gasteiger partial charge is 0.220 e. The van der Waals surface area contributed by atoms with Crippen molar-refractivity contribution in [2.75, 3.05) is 6.61 Å². The van der Waals surface area contributed by atoms with E-state index in [0.29, 0.717) is 19.4 Å². The molecule has 0 heterocycles. The van der Waals surface area contributed by atoms with Crippen molar-refractivity contribution in [3.05, 3.63) is 60.2 Å². The summed E-state index contributed by atoms with van der Waals surface area (Å²) in [5, 5.41) is 11.5. The van der Waals surface area contributed by atoms with Crippen molar-refractivity contribution in [3.8, 4) is 11.1 Å². The first-order valence-electron chi connectivity index (χ1n) is 6.81. The van der Waals surface area contributed by atoms with Crippen LogP contribution in [0.15, 0.2) is 54.6 Å². The number of carbonyl (C=O) groups is 1. The van der Waals surface area contributed by atoms with E-state index in [1.54, 1.807) is 0 Å². The molecule has 0 bridgehead atoms. The third kappa shape index (κ3) is 4.21. The highest BCUT2D eigenvalue weighted by Gasteiger charge is 2.01. The first-order chi connectivity index (χ1) is 9.79. The lowest BCUT2D eigenvalue weighted by molar-refractivity contribution is -0.121. The Morgan fingerprint density at radius 2 is 1.60 bits per heavy atom. The van der Waals surface area contributed by atoms with Gasteiger partial charge in [-0.15, -0.1) is 0 Å². The fraction of sp³-hybridized carbons (Fsp3) is 0.235. The highest BCUT2D eigenvalue weighted by molar-refractivity contribution is 5.75. The lowest BCUT2D eigenvalue weighted by Crippen LogP contribution is -2.22. The van der Waals surface area contributed by atoms with Crippen molar-refractivity contribution in [3.63, 3.8) is 0 Å². The lowest BCUT2D eigenvalue weighted by atomic mass is 10.0. The number of amides is 1. The molecule has 20 heavy (non-hydrogen) atoms. The van der Waals surface area contributed by atoms with E-state index >= 15 is 0 Å². The summed E-state index contributed by atoms with van der Waals surface area (Å²) >= 11 is 0. The van der Waals surface area contributed by atoms with E-state index in [-0.39, 0.29) is 12.5 Å². The SMILES string of the molecule is O=C(CCCO)NCc1ccc(-c2ccccc2)cc1. The van der Waals surface area contributed by atoms with Gasteiger partial charge in [-0.1, -0.05) is 54.6 Å². The number of aliphatic hydroxyl groups is 1. The van der Waals surface area contributed by atoms with E-state index in [2.05, 4.69) is 29.6 Å². The van der Waals surface area contributed by atoms with Gasteiger partial charge in [-0.25, -0.2) is 0 Å². The molecule has 3 nitrogen and oxygen atoms in total. The molecule has 0 aliphatic carbocycles. The molecule has 2 aromatic rings. The Labute approximate surface area is 119 Å². The summed E-state index contributed by atoms with van der Waals surface area (Å²) in [5.74, 6) is -0.0221. The van der Waals surface area contributed by atoms with Crippen LogP contribution in [0.5, 0.6) is 0 Å². The number of aliphatic hydroxyl groups excluding tert-OH is 1. The van der Waals surface area contributed by atoms with Crippen molar-refractivity contribution in [2.24, 2.45) is 0 Å². The van der Waals surface area contributed by atoms with Crippen LogP contribution in [0.3, 0.4) is 0 Å². The Kier molecular flexibility index (Phi) is 5.33. The molecule has 0 atom stereocenters. The molecule has 0 fully saturated rings. The van der Waals surface area contributed by atoms with Crippen molar-refractivity contribution < 1.29 is 9.90 Å². The van der Waals surface area contributed by atoms with E-state index in [4.69, 9.17) is 5.11 Å².